The topological polar surface area (TPSA) is 16.4 Å². The lowest BCUT2D eigenvalue weighted by Gasteiger charge is -2.27. The predicted octanol–water partition coefficient (Wildman–Crippen LogP) is 14.6. The van der Waals surface area contributed by atoms with Crippen LogP contribution < -0.4 is 4.90 Å². The summed E-state index contributed by atoms with van der Waals surface area (Å²) in [6.45, 7) is 4.69. The standard InChI is InChI=1S/C49H33NOS/c1-49(2)41-15-9-8-14-37(41)39-28-34(21-24-42(39)49)50(33-19-16-31(17-20-33)30-10-4-3-5-11-30)35-22-26-44-40(29-35)47-45(52-44)27-25-43-46(47)38-23-18-32-12-6-7-13-36(32)48(38)51-43/h3-29H,1-2H3. The minimum Gasteiger partial charge on any atom is -0.455 e. The Balaban J connectivity index is 1.14. The van der Waals surface area contributed by atoms with Crippen LogP contribution in [0.4, 0.5) is 17.1 Å². The maximum Gasteiger partial charge on any atom is 0.143 e. The van der Waals surface area contributed by atoms with Crippen LogP contribution in [0.15, 0.2) is 168 Å². The average molecular weight is 684 g/mol. The van der Waals surface area contributed by atoms with Crippen molar-refractivity contribution in [2.75, 3.05) is 4.90 Å². The van der Waals surface area contributed by atoms with Gasteiger partial charge in [0.25, 0.3) is 0 Å². The van der Waals surface area contributed by atoms with Crippen LogP contribution >= 0.6 is 11.3 Å². The summed E-state index contributed by atoms with van der Waals surface area (Å²) in [5, 5.41) is 7.21. The van der Waals surface area contributed by atoms with Gasteiger partial charge in [-0.2, -0.15) is 0 Å². The van der Waals surface area contributed by atoms with E-state index < -0.39 is 0 Å². The Morgan fingerprint density at radius 1 is 0.481 bits per heavy atom. The number of anilines is 3. The van der Waals surface area contributed by atoms with Crippen LogP contribution in [0, 0.1) is 0 Å². The van der Waals surface area contributed by atoms with Crippen LogP contribution in [0.5, 0.6) is 0 Å². The van der Waals surface area contributed by atoms with Crippen molar-refractivity contribution in [1.29, 1.82) is 0 Å². The highest BCUT2D eigenvalue weighted by Gasteiger charge is 2.35. The summed E-state index contributed by atoms with van der Waals surface area (Å²) in [5.74, 6) is 0. The Bertz CT molecular complexity index is 3040. The fourth-order valence-corrected chi connectivity index (χ4v) is 9.81. The molecule has 0 fully saturated rings. The van der Waals surface area contributed by atoms with E-state index in [1.165, 1.54) is 64.3 Å². The normalized spacial score (nSPS) is 13.3. The van der Waals surface area contributed by atoms with Crippen LogP contribution in [-0.4, -0.2) is 0 Å². The molecule has 2 heterocycles. The first-order chi connectivity index (χ1) is 25.5. The van der Waals surface area contributed by atoms with E-state index in [4.69, 9.17) is 4.42 Å². The van der Waals surface area contributed by atoms with Gasteiger partial charge in [-0.1, -0.05) is 117 Å². The lowest BCUT2D eigenvalue weighted by molar-refractivity contribution is 0.660. The molecule has 0 spiro atoms. The van der Waals surface area contributed by atoms with Gasteiger partial charge in [0.15, 0.2) is 0 Å². The predicted molar refractivity (Wildman–Crippen MR) is 222 cm³/mol. The summed E-state index contributed by atoms with van der Waals surface area (Å²) < 4.78 is 9.18. The third-order valence-electron chi connectivity index (χ3n) is 11.3. The lowest BCUT2D eigenvalue weighted by Crippen LogP contribution is -2.15. The number of thiophene rings is 1. The van der Waals surface area contributed by atoms with Gasteiger partial charge >= 0.3 is 0 Å². The molecule has 11 rings (SSSR count). The van der Waals surface area contributed by atoms with Crippen LogP contribution in [0.1, 0.15) is 25.0 Å². The van der Waals surface area contributed by atoms with Crippen LogP contribution in [0.3, 0.4) is 0 Å². The minimum absolute atomic E-state index is 0.0504. The number of hydrogen-bond donors (Lipinski definition) is 0. The average Bonchev–Trinajstić information content (AvgIpc) is 3.83. The third-order valence-corrected chi connectivity index (χ3v) is 12.4. The van der Waals surface area contributed by atoms with Crippen LogP contribution in [-0.2, 0) is 5.41 Å². The smallest absolute Gasteiger partial charge is 0.143 e. The molecular formula is C49H33NOS. The first-order valence-corrected chi connectivity index (χ1v) is 18.7. The van der Waals surface area contributed by atoms with E-state index in [9.17, 15) is 0 Å². The molecule has 246 valence electrons. The van der Waals surface area contributed by atoms with Gasteiger partial charge in [-0.05, 0) is 99.4 Å². The maximum absolute atomic E-state index is 6.64. The molecule has 0 saturated carbocycles. The van der Waals surface area contributed by atoms with Crippen molar-refractivity contribution in [3.05, 3.63) is 175 Å². The highest BCUT2D eigenvalue weighted by atomic mass is 32.1. The van der Waals surface area contributed by atoms with Gasteiger partial charge < -0.3 is 9.32 Å². The molecule has 1 aliphatic rings. The van der Waals surface area contributed by atoms with Crippen molar-refractivity contribution >= 4 is 81.3 Å². The SMILES string of the molecule is CC1(C)c2ccccc2-c2cc(N(c3ccc(-c4ccccc4)cc3)c3ccc4sc5ccc6oc7c8ccccc8ccc7c6c5c4c3)ccc21. The van der Waals surface area contributed by atoms with Crippen molar-refractivity contribution in [3.8, 4) is 22.3 Å². The van der Waals surface area contributed by atoms with Gasteiger partial charge in [0.1, 0.15) is 11.2 Å². The fraction of sp³-hybridized carbons (Fsp3) is 0.0612. The number of nitrogens with zero attached hydrogens (tertiary/aromatic N) is 1. The number of benzene rings is 8. The second kappa shape index (κ2) is 10.9. The van der Waals surface area contributed by atoms with Crippen LogP contribution in [0.25, 0.3) is 75.1 Å². The van der Waals surface area contributed by atoms with Gasteiger partial charge in [-0.3, -0.25) is 0 Å². The highest BCUT2D eigenvalue weighted by Crippen LogP contribution is 2.51. The Morgan fingerprint density at radius 2 is 1.17 bits per heavy atom. The number of furan rings is 1. The molecule has 10 aromatic rings. The number of hydrogen-bond acceptors (Lipinski definition) is 3. The summed E-state index contributed by atoms with van der Waals surface area (Å²) in [6, 6.07) is 59.9. The molecule has 3 heteroatoms. The highest BCUT2D eigenvalue weighted by molar-refractivity contribution is 7.26. The van der Waals surface area contributed by atoms with Gasteiger partial charge in [0, 0.05) is 58.8 Å². The van der Waals surface area contributed by atoms with E-state index in [1.807, 2.05) is 11.3 Å². The quantitative estimate of drug-likeness (QED) is 0.184. The molecule has 0 saturated heterocycles. The molecule has 2 aromatic heterocycles. The van der Waals surface area contributed by atoms with E-state index in [1.54, 1.807) is 0 Å². The van der Waals surface area contributed by atoms with Crippen molar-refractivity contribution in [1.82, 2.24) is 0 Å². The van der Waals surface area contributed by atoms with E-state index in [0.29, 0.717) is 0 Å². The molecular weight excluding hydrogens is 651 g/mol. The first kappa shape index (κ1) is 29.6. The Labute approximate surface area is 305 Å². The molecule has 0 unspecified atom stereocenters. The van der Waals surface area contributed by atoms with Crippen molar-refractivity contribution in [3.63, 3.8) is 0 Å². The van der Waals surface area contributed by atoms with E-state index >= 15 is 0 Å². The van der Waals surface area contributed by atoms with E-state index in [0.717, 1.165) is 39.0 Å². The molecule has 8 aromatic carbocycles. The zero-order valence-corrected chi connectivity index (χ0v) is 29.7. The maximum atomic E-state index is 6.64. The Kier molecular flexibility index (Phi) is 6.21. The van der Waals surface area contributed by atoms with Gasteiger partial charge in [0.2, 0.25) is 0 Å². The molecule has 1 aliphatic carbocycles. The number of rotatable bonds is 4. The molecule has 0 aliphatic heterocycles. The largest absolute Gasteiger partial charge is 0.455 e. The minimum atomic E-state index is -0.0504. The van der Waals surface area contributed by atoms with Crippen molar-refractivity contribution < 1.29 is 4.42 Å². The second-order valence-electron chi connectivity index (χ2n) is 14.5. The second-order valence-corrected chi connectivity index (χ2v) is 15.6. The fourth-order valence-electron chi connectivity index (χ4n) is 8.72. The zero-order valence-electron chi connectivity index (χ0n) is 28.9. The summed E-state index contributed by atoms with van der Waals surface area (Å²) >= 11 is 1.85. The molecule has 52 heavy (non-hydrogen) atoms. The summed E-state index contributed by atoms with van der Waals surface area (Å²) in [5.41, 5.74) is 13.0. The van der Waals surface area contributed by atoms with Crippen molar-refractivity contribution in [2.45, 2.75) is 19.3 Å². The molecule has 0 amide bonds. The first-order valence-electron chi connectivity index (χ1n) is 17.9. The molecule has 0 radical (unpaired) electrons. The third kappa shape index (κ3) is 4.23. The molecule has 0 N–H and O–H groups in total. The van der Waals surface area contributed by atoms with Gasteiger partial charge in [-0.15, -0.1) is 11.3 Å². The Morgan fingerprint density at radius 3 is 2.06 bits per heavy atom. The van der Waals surface area contributed by atoms with Crippen molar-refractivity contribution in [2.24, 2.45) is 0 Å². The summed E-state index contributed by atoms with van der Waals surface area (Å²) in [7, 11) is 0. The Hall–Kier alpha value is -6.16. The van der Waals surface area contributed by atoms with Crippen LogP contribution in [0.2, 0.25) is 0 Å². The van der Waals surface area contributed by atoms with Gasteiger partial charge in [0.05, 0.1) is 0 Å². The van der Waals surface area contributed by atoms with Gasteiger partial charge in [-0.25, -0.2) is 0 Å². The molecule has 0 bridgehead atoms. The molecule has 0 atom stereocenters. The zero-order chi connectivity index (χ0) is 34.6. The lowest BCUT2D eigenvalue weighted by atomic mass is 9.82. The summed E-state index contributed by atoms with van der Waals surface area (Å²) in [6.07, 6.45) is 0. The monoisotopic (exact) mass is 683 g/mol. The number of fused-ring (bicyclic) bond motifs is 12. The van der Waals surface area contributed by atoms with E-state index in [-0.39, 0.29) is 5.41 Å². The summed E-state index contributed by atoms with van der Waals surface area (Å²) in [4.78, 5) is 2.42. The van der Waals surface area contributed by atoms with E-state index in [2.05, 4.69) is 183 Å². The molecule has 2 nitrogen and oxygen atoms in total.